The maximum Gasteiger partial charge on any atom is 0.271 e. The first kappa shape index (κ1) is 14.5. The van der Waals surface area contributed by atoms with Crippen LogP contribution in [0.5, 0.6) is 0 Å². The summed E-state index contributed by atoms with van der Waals surface area (Å²) in [5.74, 6) is 0.0688. The van der Waals surface area contributed by atoms with E-state index in [1.807, 2.05) is 6.92 Å². The second-order valence-electron chi connectivity index (χ2n) is 5.73. The molecule has 0 fully saturated rings. The van der Waals surface area contributed by atoms with Crippen LogP contribution in [0.3, 0.4) is 0 Å². The molecular formula is C14H20N4O2. The molecule has 0 radical (unpaired) electrons. The van der Waals surface area contributed by atoms with Crippen molar-refractivity contribution in [1.29, 1.82) is 0 Å². The zero-order valence-corrected chi connectivity index (χ0v) is 12.0. The Morgan fingerprint density at radius 3 is 2.90 bits per heavy atom. The predicted molar refractivity (Wildman–Crippen MR) is 76.3 cm³/mol. The number of fused-ring (bicyclic) bond motifs is 1. The van der Waals surface area contributed by atoms with Gasteiger partial charge < -0.3 is 15.4 Å². The Kier molecular flexibility index (Phi) is 4.04. The quantitative estimate of drug-likeness (QED) is 0.771. The van der Waals surface area contributed by atoms with Crippen molar-refractivity contribution in [2.24, 2.45) is 5.92 Å². The van der Waals surface area contributed by atoms with Crippen LogP contribution in [0.15, 0.2) is 18.6 Å². The highest BCUT2D eigenvalue weighted by atomic mass is 16.3. The van der Waals surface area contributed by atoms with Crippen molar-refractivity contribution in [3.63, 3.8) is 0 Å². The molecule has 1 unspecified atom stereocenters. The zero-order valence-electron chi connectivity index (χ0n) is 12.0. The number of aromatic nitrogens is 3. The number of carbonyl (C=O) groups excluding carboxylic acids is 1. The summed E-state index contributed by atoms with van der Waals surface area (Å²) in [4.78, 5) is 23.4. The molecule has 6 heteroatoms. The summed E-state index contributed by atoms with van der Waals surface area (Å²) in [5.41, 5.74) is 0.290. The smallest absolute Gasteiger partial charge is 0.271 e. The standard InChI is InChI=1S/C14H20N4O2/c1-9(2)6-14(3,7-19)18-13(20)11-10-4-5-15-12(10)17-8-16-11/h4-5,8-9,19H,6-7H2,1-3H3,(H,18,20)(H,15,16,17). The number of aliphatic hydroxyl groups excluding tert-OH is 1. The van der Waals surface area contributed by atoms with Gasteiger partial charge in [0.05, 0.1) is 17.5 Å². The highest BCUT2D eigenvalue weighted by Gasteiger charge is 2.28. The van der Waals surface area contributed by atoms with Crippen LogP contribution in [-0.4, -0.2) is 38.1 Å². The van der Waals surface area contributed by atoms with Crippen molar-refractivity contribution in [1.82, 2.24) is 20.3 Å². The molecule has 6 nitrogen and oxygen atoms in total. The average molecular weight is 276 g/mol. The van der Waals surface area contributed by atoms with Crippen molar-refractivity contribution < 1.29 is 9.90 Å². The Morgan fingerprint density at radius 2 is 2.25 bits per heavy atom. The molecule has 0 saturated heterocycles. The number of nitrogens with one attached hydrogen (secondary N) is 2. The summed E-state index contributed by atoms with van der Waals surface area (Å²) in [6.45, 7) is 5.82. The fourth-order valence-corrected chi connectivity index (χ4v) is 2.44. The van der Waals surface area contributed by atoms with E-state index < -0.39 is 5.54 Å². The zero-order chi connectivity index (χ0) is 14.8. The van der Waals surface area contributed by atoms with Crippen molar-refractivity contribution in [2.45, 2.75) is 32.7 Å². The number of amides is 1. The maximum absolute atomic E-state index is 12.4. The normalized spacial score (nSPS) is 14.4. The van der Waals surface area contributed by atoms with E-state index in [0.717, 1.165) is 0 Å². The Balaban J connectivity index is 2.25. The molecule has 0 aromatic carbocycles. The van der Waals surface area contributed by atoms with Gasteiger partial charge >= 0.3 is 0 Å². The minimum atomic E-state index is -0.654. The molecule has 1 amide bonds. The van der Waals surface area contributed by atoms with Gasteiger partial charge in [0.2, 0.25) is 0 Å². The van der Waals surface area contributed by atoms with Crippen LogP contribution in [0.1, 0.15) is 37.7 Å². The topological polar surface area (TPSA) is 90.9 Å². The molecule has 1 atom stereocenters. The first-order chi connectivity index (χ1) is 9.45. The monoisotopic (exact) mass is 276 g/mol. The molecule has 0 bridgehead atoms. The Hall–Kier alpha value is -1.95. The Morgan fingerprint density at radius 1 is 1.50 bits per heavy atom. The van der Waals surface area contributed by atoms with Crippen molar-refractivity contribution in [3.8, 4) is 0 Å². The van der Waals surface area contributed by atoms with Crippen LogP contribution in [0.2, 0.25) is 0 Å². The summed E-state index contributed by atoms with van der Waals surface area (Å²) in [6, 6.07) is 1.77. The van der Waals surface area contributed by atoms with E-state index in [-0.39, 0.29) is 12.5 Å². The van der Waals surface area contributed by atoms with Crippen molar-refractivity contribution in [3.05, 3.63) is 24.3 Å². The first-order valence-electron chi connectivity index (χ1n) is 6.66. The molecule has 0 spiro atoms. The SMILES string of the molecule is CC(C)CC(C)(CO)NC(=O)c1ncnc2[nH]ccc12. The molecule has 2 aromatic rings. The average Bonchev–Trinajstić information content (AvgIpc) is 2.85. The molecule has 2 heterocycles. The summed E-state index contributed by atoms with van der Waals surface area (Å²) >= 11 is 0. The molecule has 0 saturated carbocycles. The fraction of sp³-hybridized carbons (Fsp3) is 0.500. The van der Waals surface area contributed by atoms with Gasteiger partial charge in [-0.25, -0.2) is 9.97 Å². The first-order valence-corrected chi connectivity index (χ1v) is 6.66. The van der Waals surface area contributed by atoms with E-state index >= 15 is 0 Å². The largest absolute Gasteiger partial charge is 0.394 e. The predicted octanol–water partition coefficient (Wildman–Crippen LogP) is 1.48. The van der Waals surface area contributed by atoms with Crippen LogP contribution >= 0.6 is 0 Å². The number of nitrogens with zero attached hydrogens (tertiary/aromatic N) is 2. The molecular weight excluding hydrogens is 256 g/mol. The molecule has 0 aliphatic rings. The summed E-state index contributed by atoms with van der Waals surface area (Å²) < 4.78 is 0. The third kappa shape index (κ3) is 2.96. The fourth-order valence-electron chi connectivity index (χ4n) is 2.44. The Bertz CT molecular complexity index is 608. The second kappa shape index (κ2) is 5.58. The van der Waals surface area contributed by atoms with Crippen molar-refractivity contribution in [2.75, 3.05) is 6.61 Å². The summed E-state index contributed by atoms with van der Waals surface area (Å²) in [7, 11) is 0. The van der Waals surface area contributed by atoms with E-state index in [9.17, 15) is 9.90 Å². The van der Waals surface area contributed by atoms with Crippen LogP contribution in [0, 0.1) is 5.92 Å². The van der Waals surface area contributed by atoms with Gasteiger partial charge in [0, 0.05) is 6.20 Å². The van der Waals surface area contributed by atoms with Gasteiger partial charge in [-0.1, -0.05) is 13.8 Å². The molecule has 0 aliphatic heterocycles. The summed E-state index contributed by atoms with van der Waals surface area (Å²) in [5, 5.41) is 13.1. The van der Waals surface area contributed by atoms with Crippen LogP contribution < -0.4 is 5.32 Å². The number of aliphatic hydroxyl groups is 1. The van der Waals surface area contributed by atoms with Gasteiger partial charge in [-0.3, -0.25) is 4.79 Å². The van der Waals surface area contributed by atoms with Gasteiger partial charge in [-0.15, -0.1) is 0 Å². The highest BCUT2D eigenvalue weighted by molar-refractivity contribution is 6.03. The number of rotatable bonds is 5. The van der Waals surface area contributed by atoms with E-state index in [1.54, 1.807) is 12.3 Å². The molecule has 2 rings (SSSR count). The molecule has 108 valence electrons. The van der Waals surface area contributed by atoms with Crippen LogP contribution in [0.25, 0.3) is 11.0 Å². The second-order valence-corrected chi connectivity index (χ2v) is 5.73. The highest BCUT2D eigenvalue weighted by Crippen LogP contribution is 2.18. The van der Waals surface area contributed by atoms with E-state index in [0.29, 0.717) is 29.1 Å². The van der Waals surface area contributed by atoms with Crippen LogP contribution in [0.4, 0.5) is 0 Å². The van der Waals surface area contributed by atoms with E-state index in [4.69, 9.17) is 0 Å². The molecule has 3 N–H and O–H groups in total. The molecule has 2 aromatic heterocycles. The van der Waals surface area contributed by atoms with Gasteiger partial charge in [0.15, 0.2) is 0 Å². The number of aromatic amines is 1. The lowest BCUT2D eigenvalue weighted by Crippen LogP contribution is -2.50. The van der Waals surface area contributed by atoms with Gasteiger partial charge in [-0.05, 0) is 25.3 Å². The summed E-state index contributed by atoms with van der Waals surface area (Å²) in [6.07, 6.45) is 3.76. The Labute approximate surface area is 117 Å². The minimum absolute atomic E-state index is 0.113. The molecule has 0 aliphatic carbocycles. The maximum atomic E-state index is 12.4. The molecule has 20 heavy (non-hydrogen) atoms. The number of hydrogen-bond acceptors (Lipinski definition) is 4. The van der Waals surface area contributed by atoms with Gasteiger partial charge in [0.25, 0.3) is 5.91 Å². The minimum Gasteiger partial charge on any atom is -0.394 e. The van der Waals surface area contributed by atoms with E-state index in [2.05, 4.69) is 34.1 Å². The third-order valence-electron chi connectivity index (χ3n) is 3.19. The lowest BCUT2D eigenvalue weighted by molar-refractivity contribution is 0.0822. The van der Waals surface area contributed by atoms with Gasteiger partial charge in [0.1, 0.15) is 17.7 Å². The lowest BCUT2D eigenvalue weighted by atomic mass is 9.91. The van der Waals surface area contributed by atoms with Gasteiger partial charge in [-0.2, -0.15) is 0 Å². The number of H-pyrrole nitrogens is 1. The number of carbonyl (C=O) groups is 1. The van der Waals surface area contributed by atoms with Crippen LogP contribution in [-0.2, 0) is 0 Å². The van der Waals surface area contributed by atoms with Crippen molar-refractivity contribution >= 4 is 16.9 Å². The lowest BCUT2D eigenvalue weighted by Gasteiger charge is -2.30. The van der Waals surface area contributed by atoms with E-state index in [1.165, 1.54) is 6.33 Å². The third-order valence-corrected chi connectivity index (χ3v) is 3.19. The number of hydrogen-bond donors (Lipinski definition) is 3.